The third-order valence-electron chi connectivity index (χ3n) is 6.42. The molecule has 2 fully saturated rings. The number of primary amides is 1. The maximum atomic E-state index is 15.0. The van der Waals surface area contributed by atoms with Crippen molar-refractivity contribution >= 4 is 28.9 Å². The fraction of sp³-hybridized carbons (Fsp3) is 0.409. The first-order valence-electron chi connectivity index (χ1n) is 10.9. The highest BCUT2D eigenvalue weighted by Gasteiger charge is 2.53. The van der Waals surface area contributed by atoms with Crippen molar-refractivity contribution in [3.63, 3.8) is 0 Å². The minimum Gasteiger partial charge on any atom is -0.366 e. The summed E-state index contributed by atoms with van der Waals surface area (Å²) >= 11 is 0. The molecule has 2 saturated carbocycles. The number of carbonyl (C=O) groups excluding carboxylic acids is 1. The van der Waals surface area contributed by atoms with Crippen molar-refractivity contribution in [3.8, 4) is 0 Å². The van der Waals surface area contributed by atoms with E-state index < -0.39 is 64.8 Å². The normalized spacial score (nSPS) is 26.5. The van der Waals surface area contributed by atoms with Crippen LogP contribution in [0.3, 0.4) is 0 Å². The van der Waals surface area contributed by atoms with E-state index in [0.717, 1.165) is 6.20 Å². The molecule has 2 aliphatic rings. The Morgan fingerprint density at radius 1 is 1.17 bits per heavy atom. The van der Waals surface area contributed by atoms with Gasteiger partial charge >= 0.3 is 7.60 Å². The second-order valence-electron chi connectivity index (χ2n) is 8.81. The van der Waals surface area contributed by atoms with E-state index in [-0.39, 0.29) is 21.7 Å². The third-order valence-corrected chi connectivity index (χ3v) is 10.0. The second-order valence-corrected chi connectivity index (χ2v) is 12.8. The molecule has 5 atom stereocenters. The molecule has 1 aromatic carbocycles. The van der Waals surface area contributed by atoms with Crippen LogP contribution in [0, 0.1) is 11.8 Å². The van der Waals surface area contributed by atoms with Crippen LogP contribution in [0.15, 0.2) is 53.8 Å². The lowest BCUT2D eigenvalue weighted by molar-refractivity contribution is -0.112. The van der Waals surface area contributed by atoms with Gasteiger partial charge in [-0.25, -0.2) is 17.2 Å². The molecule has 2 aromatic rings. The largest absolute Gasteiger partial charge is 0.366 e. The molecule has 2 aliphatic carbocycles. The van der Waals surface area contributed by atoms with E-state index in [1.807, 2.05) is 0 Å². The molecule has 1 aromatic heterocycles. The first-order valence-corrected chi connectivity index (χ1v) is 14.1. The van der Waals surface area contributed by atoms with E-state index in [0.29, 0.717) is 12.8 Å². The molecule has 0 spiro atoms. The lowest BCUT2D eigenvalue weighted by Crippen LogP contribution is -2.27. The summed E-state index contributed by atoms with van der Waals surface area (Å²) in [5, 5.41) is -0.424. The maximum Gasteiger partial charge on any atom is 0.335 e. The fourth-order valence-electron chi connectivity index (χ4n) is 4.60. The Kier molecular flexibility index (Phi) is 6.93. The van der Waals surface area contributed by atoms with Crippen molar-refractivity contribution < 1.29 is 36.3 Å². The minimum atomic E-state index is -5.04. The Hall–Kier alpha value is -2.53. The van der Waals surface area contributed by atoms with Crippen LogP contribution in [0.25, 0.3) is 5.57 Å². The lowest BCUT2D eigenvalue weighted by atomic mass is 9.87. The molecule has 1 amide bonds. The van der Waals surface area contributed by atoms with Crippen LogP contribution in [0.5, 0.6) is 0 Å². The van der Waals surface area contributed by atoms with E-state index in [9.17, 15) is 32.0 Å². The van der Waals surface area contributed by atoms with E-state index >= 15 is 4.39 Å². The predicted molar refractivity (Wildman–Crippen MR) is 122 cm³/mol. The molecule has 0 bridgehead atoms. The monoisotopic (exact) mass is 527 g/mol. The van der Waals surface area contributed by atoms with E-state index in [2.05, 4.69) is 9.97 Å². The van der Waals surface area contributed by atoms with Crippen LogP contribution < -0.4 is 5.73 Å². The summed E-state index contributed by atoms with van der Waals surface area (Å²) in [6.45, 7) is 0. The van der Waals surface area contributed by atoms with Gasteiger partial charge in [0.2, 0.25) is 5.91 Å². The highest BCUT2D eigenvalue weighted by Crippen LogP contribution is 2.61. The van der Waals surface area contributed by atoms with Gasteiger partial charge in [0.05, 0.1) is 15.8 Å². The maximum absolute atomic E-state index is 15.0. The van der Waals surface area contributed by atoms with E-state index in [1.165, 1.54) is 42.7 Å². The molecule has 1 heterocycles. The van der Waals surface area contributed by atoms with Crippen LogP contribution in [0.2, 0.25) is 0 Å². The molecule has 9 nitrogen and oxygen atoms in total. The highest BCUT2D eigenvalue weighted by molar-refractivity contribution is 7.92. The van der Waals surface area contributed by atoms with Crippen LogP contribution in [0.4, 0.5) is 8.78 Å². The predicted octanol–water partition coefficient (Wildman–Crippen LogP) is 2.51. The Balaban J connectivity index is 1.74. The number of nitrogens with two attached hydrogens (primary N) is 1. The molecule has 2 unspecified atom stereocenters. The number of carbonyl (C=O) groups is 1. The number of allylic oxidation sites excluding steroid dienone is 1. The number of halogens is 2. The zero-order valence-corrected chi connectivity index (χ0v) is 20.0. The van der Waals surface area contributed by atoms with Crippen LogP contribution in [-0.2, 0) is 19.2 Å². The Bertz CT molecular complexity index is 1280. The van der Waals surface area contributed by atoms with Gasteiger partial charge in [0, 0.05) is 30.1 Å². The van der Waals surface area contributed by atoms with Gasteiger partial charge in [-0.2, -0.15) is 0 Å². The van der Waals surface area contributed by atoms with Crippen LogP contribution in [0.1, 0.15) is 36.2 Å². The zero-order chi connectivity index (χ0) is 25.5. The number of benzene rings is 1. The minimum absolute atomic E-state index is 0.0863. The summed E-state index contributed by atoms with van der Waals surface area (Å²) in [5.74, 6) is -3.60. The molecule has 188 valence electrons. The molecular weight excluding hydrogens is 503 g/mol. The number of amides is 1. The van der Waals surface area contributed by atoms with Gasteiger partial charge in [-0.1, -0.05) is 18.2 Å². The van der Waals surface area contributed by atoms with Crippen molar-refractivity contribution in [2.24, 2.45) is 17.6 Å². The number of alkyl halides is 2. The molecular formula is C22H24F2N3O6PS. The van der Waals surface area contributed by atoms with E-state index in [1.54, 1.807) is 0 Å². The van der Waals surface area contributed by atoms with Crippen molar-refractivity contribution in [1.29, 1.82) is 0 Å². The van der Waals surface area contributed by atoms with Gasteiger partial charge < -0.3 is 15.5 Å². The van der Waals surface area contributed by atoms with Gasteiger partial charge in [0.25, 0.3) is 0 Å². The summed E-state index contributed by atoms with van der Waals surface area (Å²) in [6.07, 6.45) is 1.21. The number of sulfone groups is 1. The Morgan fingerprint density at radius 3 is 2.34 bits per heavy atom. The fourth-order valence-corrected chi connectivity index (χ4v) is 7.57. The Morgan fingerprint density at radius 2 is 1.83 bits per heavy atom. The average Bonchev–Trinajstić information content (AvgIpc) is 3.62. The quantitative estimate of drug-likeness (QED) is 0.349. The van der Waals surface area contributed by atoms with Crippen molar-refractivity contribution in [1.82, 2.24) is 9.97 Å². The summed E-state index contributed by atoms with van der Waals surface area (Å²) in [7, 11) is -8.50. The van der Waals surface area contributed by atoms with Crippen molar-refractivity contribution in [2.45, 2.75) is 47.4 Å². The number of hydrogen-bond donors (Lipinski definition) is 3. The molecule has 0 saturated heterocycles. The van der Waals surface area contributed by atoms with Crippen molar-refractivity contribution in [2.75, 3.05) is 0 Å². The van der Waals surface area contributed by atoms with Crippen LogP contribution >= 0.6 is 7.60 Å². The lowest BCUT2D eigenvalue weighted by Gasteiger charge is -2.29. The number of aromatic nitrogens is 2. The average molecular weight is 527 g/mol. The van der Waals surface area contributed by atoms with Crippen molar-refractivity contribution in [3.05, 3.63) is 60.2 Å². The van der Waals surface area contributed by atoms with Gasteiger partial charge in [-0.15, -0.1) is 0 Å². The topological polar surface area (TPSA) is 161 Å². The first-order chi connectivity index (χ1) is 16.4. The van der Waals surface area contributed by atoms with Gasteiger partial charge in [-0.05, 0) is 42.9 Å². The number of nitrogens with zero attached hydrogens (tertiary/aromatic N) is 2. The van der Waals surface area contributed by atoms with Gasteiger partial charge in [0.15, 0.2) is 9.84 Å². The molecule has 13 heteroatoms. The zero-order valence-electron chi connectivity index (χ0n) is 18.3. The summed E-state index contributed by atoms with van der Waals surface area (Å²) in [4.78, 5) is 40.1. The van der Waals surface area contributed by atoms with Crippen LogP contribution in [-0.4, -0.2) is 51.7 Å². The highest BCUT2D eigenvalue weighted by atomic mass is 32.2. The smallest absolute Gasteiger partial charge is 0.335 e. The molecule has 4 rings (SSSR count). The van der Waals surface area contributed by atoms with E-state index in [4.69, 9.17) is 5.73 Å². The second kappa shape index (κ2) is 9.50. The van der Waals surface area contributed by atoms with Gasteiger partial charge in [-0.3, -0.25) is 19.3 Å². The van der Waals surface area contributed by atoms with Gasteiger partial charge in [0.1, 0.15) is 18.0 Å². The Labute approximate surface area is 200 Å². The number of rotatable bonds is 8. The SMILES string of the molecule is NC(=O)/C(=C/[C@@H]1C[C@H](F)[C@H](F)C1C(c1cnccn1)P(=O)(O)O)c1ccc(S(=O)(=O)C2CC2)cc1. The summed E-state index contributed by atoms with van der Waals surface area (Å²) in [6, 6.07) is 5.41. The molecule has 0 radical (unpaired) electrons. The summed E-state index contributed by atoms with van der Waals surface area (Å²) < 4.78 is 66.8. The molecule has 4 N–H and O–H groups in total. The molecule has 0 aliphatic heterocycles. The number of hydrogen-bond acceptors (Lipinski definition) is 6. The standard InChI is InChI=1S/C22H24F2N3O6PS/c23-17-10-13(19(20(17)24)21(34(29,30)31)18-11-26-7-8-27-18)9-16(22(25)28)12-1-3-14(4-2-12)35(32,33)15-5-6-15/h1-4,7-9,11,13,15,17,19-21H,5-6,10H2,(H2,25,28)(H2,29,30,31)/b16-9+/t13-,17+,19?,20+,21?/m1/s1. The first kappa shape index (κ1) is 25.6. The summed E-state index contributed by atoms with van der Waals surface area (Å²) in [5.41, 5.74) is 3.61. The molecule has 35 heavy (non-hydrogen) atoms. The third kappa shape index (κ3) is 5.20.